The van der Waals surface area contributed by atoms with E-state index in [1.54, 1.807) is 6.92 Å². The highest BCUT2D eigenvalue weighted by Crippen LogP contribution is 2.20. The van der Waals surface area contributed by atoms with Crippen LogP contribution in [-0.4, -0.2) is 43.7 Å². The van der Waals surface area contributed by atoms with Crippen molar-refractivity contribution in [1.29, 1.82) is 0 Å². The summed E-state index contributed by atoms with van der Waals surface area (Å²) in [5.74, 6) is 1.14. The van der Waals surface area contributed by atoms with Crippen LogP contribution in [-0.2, 0) is 11.3 Å². The topological polar surface area (TPSA) is 54.7 Å². The van der Waals surface area contributed by atoms with E-state index in [-0.39, 0.29) is 18.4 Å². The van der Waals surface area contributed by atoms with Gasteiger partial charge in [0.1, 0.15) is 17.1 Å². The Hall–Kier alpha value is -1.04. The molecule has 1 aliphatic rings. The van der Waals surface area contributed by atoms with E-state index >= 15 is 0 Å². The largest absolute Gasteiger partial charge is 0.465 e. The molecule has 0 aromatic carbocycles. The van der Waals surface area contributed by atoms with Gasteiger partial charge in [0.25, 0.3) is 0 Å². The van der Waals surface area contributed by atoms with Crippen LogP contribution in [0, 0.1) is 6.92 Å². The van der Waals surface area contributed by atoms with Crippen LogP contribution in [0.1, 0.15) is 41.6 Å². The molecule has 5 nitrogen and oxygen atoms in total. The number of hydrogen-bond acceptors (Lipinski definition) is 5. The summed E-state index contributed by atoms with van der Waals surface area (Å²) in [5, 5.41) is 3.39. The van der Waals surface area contributed by atoms with E-state index in [9.17, 15) is 4.79 Å². The van der Waals surface area contributed by atoms with Crippen LogP contribution < -0.4 is 5.32 Å². The van der Waals surface area contributed by atoms with E-state index in [4.69, 9.17) is 9.15 Å². The number of methoxy groups -OCH3 is 1. The minimum Gasteiger partial charge on any atom is -0.465 e. The molecule has 6 heteroatoms. The number of nitrogens with one attached hydrogen (secondary N) is 1. The lowest BCUT2D eigenvalue weighted by Crippen LogP contribution is -2.36. The smallest absolute Gasteiger partial charge is 0.341 e. The number of halogens is 1. The number of hydrogen-bond donors (Lipinski definition) is 1. The molecule has 21 heavy (non-hydrogen) atoms. The maximum atomic E-state index is 11.6. The lowest BCUT2D eigenvalue weighted by Gasteiger charge is -2.26. The predicted molar refractivity (Wildman–Crippen MR) is 84.0 cm³/mol. The normalized spacial score (nSPS) is 17.8. The number of nitrogens with zero attached hydrogens (tertiary/aromatic N) is 1. The van der Waals surface area contributed by atoms with Gasteiger partial charge in [0.15, 0.2) is 0 Å². The molecule has 1 aromatic rings. The van der Waals surface area contributed by atoms with Gasteiger partial charge < -0.3 is 14.5 Å². The Labute approximate surface area is 132 Å². The molecular weight excluding hydrogens is 292 g/mol. The van der Waals surface area contributed by atoms with Crippen molar-refractivity contribution < 1.29 is 13.9 Å². The predicted octanol–water partition coefficient (Wildman–Crippen LogP) is 2.37. The zero-order chi connectivity index (χ0) is 14.5. The third-order valence-electron chi connectivity index (χ3n) is 3.79. The zero-order valence-electron chi connectivity index (χ0n) is 13.0. The molecule has 1 saturated heterocycles. The Balaban J connectivity index is 0.00000220. The standard InChI is InChI=1S/C15H24N2O3.ClH/c1-4-7-17(12-5-6-16-9-12)10-13-8-14(11(2)20-13)15(18)19-3;/h8,12,16H,4-7,9-10H2,1-3H3;1H. The Morgan fingerprint density at radius 2 is 2.33 bits per heavy atom. The van der Waals surface area contributed by atoms with Crippen molar-refractivity contribution in [2.75, 3.05) is 26.7 Å². The van der Waals surface area contributed by atoms with Gasteiger partial charge in [-0.3, -0.25) is 4.90 Å². The van der Waals surface area contributed by atoms with Crippen LogP contribution in [0.3, 0.4) is 0 Å². The highest BCUT2D eigenvalue weighted by Gasteiger charge is 2.24. The maximum Gasteiger partial charge on any atom is 0.341 e. The van der Waals surface area contributed by atoms with E-state index in [2.05, 4.69) is 17.1 Å². The van der Waals surface area contributed by atoms with Crippen molar-refractivity contribution in [2.45, 2.75) is 39.3 Å². The minimum atomic E-state index is -0.331. The fourth-order valence-electron chi connectivity index (χ4n) is 2.76. The Morgan fingerprint density at radius 3 is 2.90 bits per heavy atom. The summed E-state index contributed by atoms with van der Waals surface area (Å²) in [6, 6.07) is 2.37. The highest BCUT2D eigenvalue weighted by molar-refractivity contribution is 5.90. The summed E-state index contributed by atoms with van der Waals surface area (Å²) in [6.45, 7) is 7.89. The zero-order valence-corrected chi connectivity index (χ0v) is 13.8. The first kappa shape index (κ1) is 18.0. The molecule has 1 atom stereocenters. The molecule has 0 spiro atoms. The van der Waals surface area contributed by atoms with E-state index in [1.165, 1.54) is 13.5 Å². The monoisotopic (exact) mass is 316 g/mol. The van der Waals surface area contributed by atoms with Gasteiger partial charge in [-0.1, -0.05) is 6.92 Å². The van der Waals surface area contributed by atoms with Gasteiger partial charge in [-0.15, -0.1) is 12.4 Å². The van der Waals surface area contributed by atoms with Crippen molar-refractivity contribution >= 4 is 18.4 Å². The van der Waals surface area contributed by atoms with Crippen LogP contribution in [0.15, 0.2) is 10.5 Å². The molecule has 0 aliphatic carbocycles. The number of rotatable bonds is 6. The molecule has 0 saturated carbocycles. The van der Waals surface area contributed by atoms with E-state index < -0.39 is 0 Å². The third-order valence-corrected chi connectivity index (χ3v) is 3.79. The number of furan rings is 1. The molecule has 1 aliphatic heterocycles. The minimum absolute atomic E-state index is 0. The van der Waals surface area contributed by atoms with Gasteiger partial charge in [-0.25, -0.2) is 4.79 Å². The Kier molecular flexibility index (Phi) is 7.22. The second kappa shape index (κ2) is 8.41. The molecule has 2 heterocycles. The average molecular weight is 317 g/mol. The van der Waals surface area contributed by atoms with Crippen molar-refractivity contribution in [3.05, 3.63) is 23.2 Å². The number of carbonyl (C=O) groups excluding carboxylic acids is 1. The van der Waals surface area contributed by atoms with Crippen LogP contribution >= 0.6 is 12.4 Å². The van der Waals surface area contributed by atoms with Gasteiger partial charge in [-0.2, -0.15) is 0 Å². The van der Waals surface area contributed by atoms with Crippen LogP contribution in [0.4, 0.5) is 0 Å². The molecule has 0 bridgehead atoms. The second-order valence-electron chi connectivity index (χ2n) is 5.29. The average Bonchev–Trinajstić information content (AvgIpc) is 3.07. The summed E-state index contributed by atoms with van der Waals surface area (Å²) in [6.07, 6.45) is 2.28. The highest BCUT2D eigenvalue weighted by atomic mass is 35.5. The lowest BCUT2D eigenvalue weighted by molar-refractivity contribution is 0.0599. The first-order valence-electron chi connectivity index (χ1n) is 7.28. The first-order chi connectivity index (χ1) is 9.65. The molecule has 2 rings (SSSR count). The molecule has 0 amide bonds. The van der Waals surface area contributed by atoms with Crippen LogP contribution in [0.5, 0.6) is 0 Å². The fourth-order valence-corrected chi connectivity index (χ4v) is 2.76. The summed E-state index contributed by atoms with van der Waals surface area (Å²) in [7, 11) is 1.39. The molecule has 1 unspecified atom stereocenters. The number of ether oxygens (including phenoxy) is 1. The van der Waals surface area contributed by atoms with Gasteiger partial charge in [-0.05, 0) is 38.9 Å². The Morgan fingerprint density at radius 1 is 1.57 bits per heavy atom. The van der Waals surface area contributed by atoms with Gasteiger partial charge in [0.2, 0.25) is 0 Å². The molecule has 1 N–H and O–H groups in total. The Bertz CT molecular complexity index is 456. The molecule has 0 radical (unpaired) electrons. The van der Waals surface area contributed by atoms with Crippen LogP contribution in [0.25, 0.3) is 0 Å². The quantitative estimate of drug-likeness (QED) is 0.817. The van der Waals surface area contributed by atoms with Crippen molar-refractivity contribution in [2.24, 2.45) is 0 Å². The molecular formula is C15H25ClN2O3. The lowest BCUT2D eigenvalue weighted by atomic mass is 10.2. The molecule has 120 valence electrons. The van der Waals surface area contributed by atoms with Gasteiger partial charge in [0.05, 0.1) is 13.7 Å². The number of esters is 1. The van der Waals surface area contributed by atoms with Crippen molar-refractivity contribution in [3.63, 3.8) is 0 Å². The SMILES string of the molecule is CCCN(Cc1cc(C(=O)OC)c(C)o1)C1CCNC1.Cl. The summed E-state index contributed by atoms with van der Waals surface area (Å²) in [4.78, 5) is 14.0. The molecule has 1 fully saturated rings. The van der Waals surface area contributed by atoms with E-state index in [0.29, 0.717) is 17.4 Å². The third kappa shape index (κ3) is 4.46. The van der Waals surface area contributed by atoms with Gasteiger partial charge >= 0.3 is 5.97 Å². The maximum absolute atomic E-state index is 11.6. The summed E-state index contributed by atoms with van der Waals surface area (Å²) >= 11 is 0. The van der Waals surface area contributed by atoms with Crippen molar-refractivity contribution in [1.82, 2.24) is 10.2 Å². The first-order valence-corrected chi connectivity index (χ1v) is 7.28. The summed E-state index contributed by atoms with van der Waals surface area (Å²) in [5.41, 5.74) is 0.531. The van der Waals surface area contributed by atoms with E-state index in [1.807, 2.05) is 6.07 Å². The summed E-state index contributed by atoms with van der Waals surface area (Å²) < 4.78 is 10.5. The number of carbonyl (C=O) groups is 1. The van der Waals surface area contributed by atoms with E-state index in [0.717, 1.165) is 38.4 Å². The van der Waals surface area contributed by atoms with Crippen LogP contribution in [0.2, 0.25) is 0 Å². The van der Waals surface area contributed by atoms with Crippen molar-refractivity contribution in [3.8, 4) is 0 Å². The number of aryl methyl sites for hydroxylation is 1. The second-order valence-corrected chi connectivity index (χ2v) is 5.29. The molecule has 1 aromatic heterocycles. The van der Waals surface area contributed by atoms with Gasteiger partial charge in [0, 0.05) is 12.6 Å². The fraction of sp³-hybridized carbons (Fsp3) is 0.667.